The molecule has 1 saturated heterocycles. The zero-order valence-corrected chi connectivity index (χ0v) is 13.2. The summed E-state index contributed by atoms with van der Waals surface area (Å²) < 4.78 is 0. The molecule has 0 spiro atoms. The zero-order chi connectivity index (χ0) is 13.9. The third-order valence-corrected chi connectivity index (χ3v) is 5.90. The van der Waals surface area contributed by atoms with Crippen molar-refractivity contribution >= 4 is 0 Å². The maximum Gasteiger partial charge on any atom is 0.0446 e. The van der Waals surface area contributed by atoms with Crippen molar-refractivity contribution in [3.63, 3.8) is 0 Å². The predicted octanol–water partition coefficient (Wildman–Crippen LogP) is 3.87. The lowest BCUT2D eigenvalue weighted by molar-refractivity contribution is 0.139. The van der Waals surface area contributed by atoms with Gasteiger partial charge in [0, 0.05) is 30.7 Å². The van der Waals surface area contributed by atoms with Crippen LogP contribution in [0.3, 0.4) is 0 Å². The number of hydrogen-bond donors (Lipinski definition) is 1. The number of likely N-dealkylation sites (tertiary alicyclic amines) is 1. The van der Waals surface area contributed by atoms with Crippen molar-refractivity contribution in [2.75, 3.05) is 6.54 Å². The van der Waals surface area contributed by atoms with E-state index < -0.39 is 0 Å². The fraction of sp³-hybridized carbons (Fsp3) is 0.889. The highest BCUT2D eigenvalue weighted by molar-refractivity contribution is 5.19. The lowest BCUT2D eigenvalue weighted by Gasteiger charge is -2.36. The molecule has 114 valence electrons. The highest BCUT2D eigenvalue weighted by Gasteiger charge is 2.38. The molecular weight excluding hydrogens is 244 g/mol. The fourth-order valence-corrected chi connectivity index (χ4v) is 4.66. The summed E-state index contributed by atoms with van der Waals surface area (Å²) in [5, 5.41) is 3.95. The second kappa shape index (κ2) is 6.62. The van der Waals surface area contributed by atoms with Gasteiger partial charge in [0.2, 0.25) is 0 Å². The minimum Gasteiger partial charge on any atom is -0.306 e. The average Bonchev–Trinajstić information content (AvgIpc) is 2.77. The molecule has 1 N–H and O–H groups in total. The van der Waals surface area contributed by atoms with Gasteiger partial charge in [-0.25, -0.2) is 0 Å². The molecule has 0 amide bonds. The first-order valence-electron chi connectivity index (χ1n) is 8.95. The monoisotopic (exact) mass is 276 g/mol. The van der Waals surface area contributed by atoms with Crippen molar-refractivity contribution in [3.05, 3.63) is 12.2 Å². The Balaban J connectivity index is 1.59. The molecule has 2 nitrogen and oxygen atoms in total. The van der Waals surface area contributed by atoms with E-state index in [9.17, 15) is 0 Å². The van der Waals surface area contributed by atoms with Gasteiger partial charge in [-0.05, 0) is 38.2 Å². The van der Waals surface area contributed by atoms with Gasteiger partial charge < -0.3 is 5.32 Å². The van der Waals surface area contributed by atoms with Crippen LogP contribution < -0.4 is 5.32 Å². The molecule has 0 radical (unpaired) electrons. The molecule has 0 bridgehead atoms. The Morgan fingerprint density at radius 2 is 1.55 bits per heavy atom. The largest absolute Gasteiger partial charge is 0.306 e. The molecule has 2 aliphatic carbocycles. The van der Waals surface area contributed by atoms with Crippen LogP contribution >= 0.6 is 0 Å². The fourth-order valence-electron chi connectivity index (χ4n) is 4.66. The predicted molar refractivity (Wildman–Crippen MR) is 86.0 cm³/mol. The first-order valence-corrected chi connectivity index (χ1v) is 8.95. The second-order valence-corrected chi connectivity index (χ2v) is 7.34. The van der Waals surface area contributed by atoms with Crippen molar-refractivity contribution in [1.29, 1.82) is 0 Å². The van der Waals surface area contributed by atoms with Crippen molar-refractivity contribution in [2.45, 2.75) is 95.3 Å². The SMILES string of the molecule is C=C1CN(C2CCCCC2)[C@H](C)[C@@H]1NC1CCCCC1. The molecule has 20 heavy (non-hydrogen) atoms. The standard InChI is InChI=1S/C18H32N2/c1-14-13-20(17-11-7-4-8-12-17)15(2)18(14)19-16-9-5-3-6-10-16/h15-19H,1,3-13H2,2H3/t15-,18-/m1/s1. The van der Waals surface area contributed by atoms with Crippen LogP contribution in [0.2, 0.25) is 0 Å². The minimum absolute atomic E-state index is 0.542. The zero-order valence-electron chi connectivity index (χ0n) is 13.2. The van der Waals surface area contributed by atoms with E-state index >= 15 is 0 Å². The molecule has 3 aliphatic rings. The lowest BCUT2D eigenvalue weighted by Crippen LogP contribution is -2.48. The number of rotatable bonds is 3. The van der Waals surface area contributed by atoms with Gasteiger partial charge in [0.1, 0.15) is 0 Å². The molecule has 1 heterocycles. The highest BCUT2D eigenvalue weighted by Crippen LogP contribution is 2.32. The van der Waals surface area contributed by atoms with E-state index in [2.05, 4.69) is 23.7 Å². The summed E-state index contributed by atoms with van der Waals surface area (Å²) in [4.78, 5) is 2.75. The number of hydrogen-bond acceptors (Lipinski definition) is 2. The third kappa shape index (κ3) is 3.12. The molecule has 3 fully saturated rings. The Morgan fingerprint density at radius 3 is 2.20 bits per heavy atom. The molecule has 2 atom stereocenters. The Kier molecular flexibility index (Phi) is 4.83. The summed E-state index contributed by atoms with van der Waals surface area (Å²) in [5.74, 6) is 0. The van der Waals surface area contributed by atoms with Gasteiger partial charge in [-0.15, -0.1) is 0 Å². The van der Waals surface area contributed by atoms with Crippen LogP contribution in [0.5, 0.6) is 0 Å². The maximum absolute atomic E-state index is 4.39. The third-order valence-electron chi connectivity index (χ3n) is 5.90. The summed E-state index contributed by atoms with van der Waals surface area (Å²) in [6.07, 6.45) is 14.1. The van der Waals surface area contributed by atoms with Crippen molar-refractivity contribution in [3.8, 4) is 0 Å². The van der Waals surface area contributed by atoms with Gasteiger partial charge in [0.15, 0.2) is 0 Å². The summed E-state index contributed by atoms with van der Waals surface area (Å²) in [6, 6.07) is 2.76. The Morgan fingerprint density at radius 1 is 0.950 bits per heavy atom. The van der Waals surface area contributed by atoms with E-state index in [0.717, 1.165) is 18.6 Å². The van der Waals surface area contributed by atoms with Crippen molar-refractivity contribution in [2.24, 2.45) is 0 Å². The van der Waals surface area contributed by atoms with Gasteiger partial charge in [0.05, 0.1) is 0 Å². The van der Waals surface area contributed by atoms with Crippen LogP contribution in [-0.4, -0.2) is 35.6 Å². The first kappa shape index (κ1) is 14.6. The topological polar surface area (TPSA) is 15.3 Å². The molecule has 1 aliphatic heterocycles. The van der Waals surface area contributed by atoms with Crippen LogP contribution in [0.1, 0.15) is 71.1 Å². The highest BCUT2D eigenvalue weighted by atomic mass is 15.2. The molecule has 3 rings (SSSR count). The normalized spacial score (nSPS) is 34.8. The van der Waals surface area contributed by atoms with Gasteiger partial charge in [-0.1, -0.05) is 45.1 Å². The number of nitrogens with zero attached hydrogens (tertiary/aromatic N) is 1. The van der Waals surface area contributed by atoms with Gasteiger partial charge >= 0.3 is 0 Å². The van der Waals surface area contributed by atoms with Gasteiger partial charge in [0.25, 0.3) is 0 Å². The van der Waals surface area contributed by atoms with E-state index in [1.165, 1.54) is 69.8 Å². The second-order valence-electron chi connectivity index (χ2n) is 7.34. The Hall–Kier alpha value is -0.340. The molecule has 2 saturated carbocycles. The van der Waals surface area contributed by atoms with E-state index in [-0.39, 0.29) is 0 Å². The Bertz CT molecular complexity index is 326. The van der Waals surface area contributed by atoms with E-state index in [1.807, 2.05) is 0 Å². The quantitative estimate of drug-likeness (QED) is 0.787. The van der Waals surface area contributed by atoms with Crippen molar-refractivity contribution < 1.29 is 0 Å². The average molecular weight is 276 g/mol. The Labute approximate surface area is 125 Å². The molecule has 0 aromatic heterocycles. The van der Waals surface area contributed by atoms with E-state index in [1.54, 1.807) is 0 Å². The van der Waals surface area contributed by atoms with Crippen LogP contribution in [0.25, 0.3) is 0 Å². The summed E-state index contributed by atoms with van der Waals surface area (Å²) >= 11 is 0. The molecular formula is C18H32N2. The molecule has 0 aromatic rings. The number of nitrogens with one attached hydrogen (secondary N) is 1. The van der Waals surface area contributed by atoms with Crippen LogP contribution in [-0.2, 0) is 0 Å². The molecule has 0 unspecified atom stereocenters. The maximum atomic E-state index is 4.39. The smallest absolute Gasteiger partial charge is 0.0446 e. The summed E-state index contributed by atoms with van der Waals surface area (Å²) in [5.41, 5.74) is 1.44. The van der Waals surface area contributed by atoms with Gasteiger partial charge in [-0.2, -0.15) is 0 Å². The van der Waals surface area contributed by atoms with E-state index in [4.69, 9.17) is 0 Å². The minimum atomic E-state index is 0.542. The molecule has 2 heteroatoms. The van der Waals surface area contributed by atoms with Crippen molar-refractivity contribution in [1.82, 2.24) is 10.2 Å². The summed E-state index contributed by atoms with van der Waals surface area (Å²) in [6.45, 7) is 7.95. The molecule has 0 aromatic carbocycles. The van der Waals surface area contributed by atoms with E-state index in [0.29, 0.717) is 12.1 Å². The van der Waals surface area contributed by atoms with Crippen LogP contribution in [0, 0.1) is 0 Å². The van der Waals surface area contributed by atoms with Crippen LogP contribution in [0.4, 0.5) is 0 Å². The summed E-state index contributed by atoms with van der Waals surface area (Å²) in [7, 11) is 0. The first-order chi connectivity index (χ1) is 9.75. The van der Waals surface area contributed by atoms with Crippen LogP contribution in [0.15, 0.2) is 12.2 Å². The lowest BCUT2D eigenvalue weighted by atomic mass is 9.92. The van der Waals surface area contributed by atoms with Gasteiger partial charge in [-0.3, -0.25) is 4.90 Å².